The van der Waals surface area contributed by atoms with E-state index >= 15 is 0 Å². The highest BCUT2D eigenvalue weighted by Gasteiger charge is 2.43. The van der Waals surface area contributed by atoms with E-state index in [1.165, 1.54) is 0 Å². The standard InChI is InChI=1S/C17H26N4O2/c1-10-12(9-22)6-7-17(10,3)21-15-14(13-5-4-8-23-13)11(2)19-16(18)20-15/h4,8,10,12-13,22H,5-7,9H2,1-3H3,(H3,18,19,20,21). The number of aliphatic hydroxyl groups excluding tert-OH is 1. The molecule has 1 aromatic rings. The lowest BCUT2D eigenvalue weighted by Crippen LogP contribution is -2.40. The second-order valence-corrected chi connectivity index (χ2v) is 6.97. The maximum absolute atomic E-state index is 9.55. The minimum Gasteiger partial charge on any atom is -0.493 e. The van der Waals surface area contributed by atoms with Gasteiger partial charge in [-0.05, 0) is 44.6 Å². The summed E-state index contributed by atoms with van der Waals surface area (Å²) in [6.07, 6.45) is 6.49. The van der Waals surface area contributed by atoms with Gasteiger partial charge in [-0.3, -0.25) is 0 Å². The van der Waals surface area contributed by atoms with Crippen molar-refractivity contribution in [1.29, 1.82) is 0 Å². The van der Waals surface area contributed by atoms with Crippen molar-refractivity contribution in [1.82, 2.24) is 9.97 Å². The second kappa shape index (κ2) is 6.00. The zero-order valence-corrected chi connectivity index (χ0v) is 14.0. The number of nitrogens with one attached hydrogen (secondary N) is 1. The van der Waals surface area contributed by atoms with Crippen LogP contribution in [-0.4, -0.2) is 27.2 Å². The summed E-state index contributed by atoms with van der Waals surface area (Å²) in [6.45, 7) is 6.55. The first kappa shape index (κ1) is 16.1. The van der Waals surface area contributed by atoms with E-state index in [4.69, 9.17) is 10.5 Å². The van der Waals surface area contributed by atoms with Gasteiger partial charge in [0.05, 0.1) is 17.5 Å². The van der Waals surface area contributed by atoms with Crippen LogP contribution in [0.25, 0.3) is 0 Å². The van der Waals surface area contributed by atoms with Gasteiger partial charge in [-0.15, -0.1) is 0 Å². The van der Waals surface area contributed by atoms with Crippen molar-refractivity contribution in [2.24, 2.45) is 11.8 Å². The first-order valence-electron chi connectivity index (χ1n) is 8.28. The third-order valence-corrected chi connectivity index (χ3v) is 5.55. The number of aromatic nitrogens is 2. The maximum atomic E-state index is 9.55. The Morgan fingerprint density at radius 3 is 2.87 bits per heavy atom. The lowest BCUT2D eigenvalue weighted by Gasteiger charge is -2.34. The minimum atomic E-state index is -0.124. The molecule has 0 spiro atoms. The van der Waals surface area contributed by atoms with Crippen LogP contribution in [0.2, 0.25) is 0 Å². The zero-order valence-electron chi connectivity index (χ0n) is 14.0. The van der Waals surface area contributed by atoms with Gasteiger partial charge < -0.3 is 20.9 Å². The molecule has 3 rings (SSSR count). The number of ether oxygens (including phenoxy) is 1. The summed E-state index contributed by atoms with van der Waals surface area (Å²) < 4.78 is 5.69. The Balaban J connectivity index is 1.93. The molecule has 4 atom stereocenters. The first-order valence-corrected chi connectivity index (χ1v) is 8.28. The van der Waals surface area contributed by atoms with Gasteiger partial charge in [0.2, 0.25) is 5.95 Å². The fourth-order valence-electron chi connectivity index (χ4n) is 3.83. The van der Waals surface area contributed by atoms with Gasteiger partial charge in [-0.25, -0.2) is 4.98 Å². The van der Waals surface area contributed by atoms with E-state index < -0.39 is 0 Å². The van der Waals surface area contributed by atoms with E-state index in [2.05, 4.69) is 29.1 Å². The molecule has 1 saturated carbocycles. The van der Waals surface area contributed by atoms with Crippen LogP contribution in [-0.2, 0) is 4.74 Å². The number of aryl methyl sites for hydroxylation is 1. The number of aliphatic hydroxyl groups is 1. The topological polar surface area (TPSA) is 93.3 Å². The van der Waals surface area contributed by atoms with Gasteiger partial charge in [0.1, 0.15) is 11.9 Å². The molecule has 1 fully saturated rings. The first-order chi connectivity index (χ1) is 10.9. The van der Waals surface area contributed by atoms with Crippen molar-refractivity contribution in [3.05, 3.63) is 23.6 Å². The van der Waals surface area contributed by atoms with Crippen LogP contribution in [0.1, 0.15) is 50.5 Å². The molecule has 4 unspecified atom stereocenters. The van der Waals surface area contributed by atoms with Crippen molar-refractivity contribution in [2.45, 2.75) is 51.7 Å². The van der Waals surface area contributed by atoms with Gasteiger partial charge in [0.25, 0.3) is 0 Å². The van der Waals surface area contributed by atoms with Crippen molar-refractivity contribution in [3.8, 4) is 0 Å². The largest absolute Gasteiger partial charge is 0.493 e. The summed E-state index contributed by atoms with van der Waals surface area (Å²) >= 11 is 0. The summed E-state index contributed by atoms with van der Waals surface area (Å²) in [5, 5.41) is 13.2. The van der Waals surface area contributed by atoms with Crippen molar-refractivity contribution < 1.29 is 9.84 Å². The van der Waals surface area contributed by atoms with Gasteiger partial charge >= 0.3 is 0 Å². The SMILES string of the molecule is Cc1nc(N)nc(NC2(C)CCC(CO)C2C)c1C1CC=CO1. The number of hydrogen-bond acceptors (Lipinski definition) is 6. The predicted molar refractivity (Wildman–Crippen MR) is 89.8 cm³/mol. The Bertz CT molecular complexity index is 611. The summed E-state index contributed by atoms with van der Waals surface area (Å²) in [7, 11) is 0. The molecule has 6 heteroatoms. The molecule has 6 nitrogen and oxygen atoms in total. The van der Waals surface area contributed by atoms with Crippen LogP contribution in [0, 0.1) is 18.8 Å². The fraction of sp³-hybridized carbons (Fsp3) is 0.647. The quantitative estimate of drug-likeness (QED) is 0.790. The predicted octanol–water partition coefficient (Wildman–Crippen LogP) is 2.55. The molecule has 0 amide bonds. The molecule has 0 aromatic carbocycles. The molecule has 0 bridgehead atoms. The van der Waals surface area contributed by atoms with E-state index in [1.807, 2.05) is 13.0 Å². The third-order valence-electron chi connectivity index (χ3n) is 5.55. The van der Waals surface area contributed by atoms with Gasteiger partial charge in [0, 0.05) is 18.6 Å². The number of nitrogens with zero attached hydrogens (tertiary/aromatic N) is 2. The fourth-order valence-corrected chi connectivity index (χ4v) is 3.83. The molecule has 126 valence electrons. The Labute approximate surface area is 137 Å². The third kappa shape index (κ3) is 2.87. The molecule has 1 aliphatic heterocycles. The Hall–Kier alpha value is -1.82. The Kier molecular flexibility index (Phi) is 4.19. The molecule has 0 saturated heterocycles. The summed E-state index contributed by atoms with van der Waals surface area (Å²) in [5.74, 6) is 1.70. The second-order valence-electron chi connectivity index (χ2n) is 6.97. The molecular weight excluding hydrogens is 292 g/mol. The van der Waals surface area contributed by atoms with Gasteiger partial charge in [-0.1, -0.05) is 6.92 Å². The zero-order chi connectivity index (χ0) is 16.6. The highest BCUT2D eigenvalue weighted by Crippen LogP contribution is 2.43. The lowest BCUT2D eigenvalue weighted by molar-refractivity contribution is 0.171. The highest BCUT2D eigenvalue weighted by atomic mass is 16.5. The molecule has 2 aliphatic rings. The number of hydrogen-bond donors (Lipinski definition) is 3. The van der Waals surface area contributed by atoms with E-state index in [9.17, 15) is 5.11 Å². The summed E-state index contributed by atoms with van der Waals surface area (Å²) in [4.78, 5) is 8.76. The summed E-state index contributed by atoms with van der Waals surface area (Å²) in [5.41, 5.74) is 7.58. The van der Waals surface area contributed by atoms with Crippen molar-refractivity contribution >= 4 is 11.8 Å². The van der Waals surface area contributed by atoms with Crippen LogP contribution >= 0.6 is 0 Å². The lowest BCUT2D eigenvalue weighted by atomic mass is 9.86. The minimum absolute atomic E-state index is 0.0629. The van der Waals surface area contributed by atoms with Crippen LogP contribution < -0.4 is 11.1 Å². The van der Waals surface area contributed by atoms with E-state index in [1.54, 1.807) is 6.26 Å². The Morgan fingerprint density at radius 2 is 2.26 bits per heavy atom. The maximum Gasteiger partial charge on any atom is 0.222 e. The summed E-state index contributed by atoms with van der Waals surface area (Å²) in [6, 6.07) is 0. The number of nitrogen functional groups attached to an aromatic ring is 1. The molecule has 23 heavy (non-hydrogen) atoms. The molecular formula is C17H26N4O2. The Morgan fingerprint density at radius 1 is 1.48 bits per heavy atom. The van der Waals surface area contributed by atoms with Gasteiger partial charge in [0.15, 0.2) is 0 Å². The van der Waals surface area contributed by atoms with E-state index in [0.29, 0.717) is 11.8 Å². The van der Waals surface area contributed by atoms with Crippen LogP contribution in [0.3, 0.4) is 0 Å². The highest BCUT2D eigenvalue weighted by molar-refractivity contribution is 5.53. The smallest absolute Gasteiger partial charge is 0.222 e. The van der Waals surface area contributed by atoms with Crippen molar-refractivity contribution in [3.63, 3.8) is 0 Å². The van der Waals surface area contributed by atoms with E-state index in [-0.39, 0.29) is 24.2 Å². The van der Waals surface area contributed by atoms with Crippen LogP contribution in [0.4, 0.5) is 11.8 Å². The van der Waals surface area contributed by atoms with E-state index in [0.717, 1.165) is 36.3 Å². The molecule has 2 heterocycles. The average molecular weight is 318 g/mol. The van der Waals surface area contributed by atoms with Crippen LogP contribution in [0.5, 0.6) is 0 Å². The monoisotopic (exact) mass is 318 g/mol. The normalized spacial score (nSPS) is 33.0. The number of rotatable bonds is 4. The number of anilines is 2. The molecule has 4 N–H and O–H groups in total. The molecule has 1 aliphatic carbocycles. The molecule has 0 radical (unpaired) electrons. The van der Waals surface area contributed by atoms with Gasteiger partial charge in [-0.2, -0.15) is 4.98 Å². The molecule has 1 aromatic heterocycles. The van der Waals surface area contributed by atoms with Crippen LogP contribution in [0.15, 0.2) is 12.3 Å². The number of nitrogens with two attached hydrogens (primary N) is 1. The average Bonchev–Trinajstić information content (AvgIpc) is 3.09. The van der Waals surface area contributed by atoms with Crippen molar-refractivity contribution in [2.75, 3.05) is 17.7 Å².